The van der Waals surface area contributed by atoms with Gasteiger partial charge in [-0.2, -0.15) is 0 Å². The van der Waals surface area contributed by atoms with E-state index in [2.05, 4.69) is 16.7 Å². The Labute approximate surface area is 42.3 Å². The van der Waals surface area contributed by atoms with Crippen molar-refractivity contribution in [3.8, 4) is 0 Å². The van der Waals surface area contributed by atoms with Gasteiger partial charge < -0.3 is 5.73 Å². The molecule has 0 atom stereocenters. The highest BCUT2D eigenvalue weighted by Crippen LogP contribution is 1.63. The van der Waals surface area contributed by atoms with E-state index in [-0.39, 0.29) is 0 Å². The maximum absolute atomic E-state index is 4.91. The second-order valence-electron chi connectivity index (χ2n) is 0.789. The van der Waals surface area contributed by atoms with Gasteiger partial charge in [0.05, 0.1) is 0 Å². The fourth-order valence-electron chi connectivity index (χ4n) is 0.135. The number of aliphatic imine (C=N–C) groups is 2. The maximum Gasteiger partial charge on any atom is 0.114 e. The van der Waals surface area contributed by atoms with Crippen LogP contribution in [0, 0.1) is 0 Å². The number of hydrogen-bond donors (Lipinski definition) is 1. The minimum atomic E-state index is 1.31. The SMILES string of the molecule is C=N/C=N\C=C\N. The van der Waals surface area contributed by atoms with Crippen LogP contribution < -0.4 is 5.73 Å². The molecule has 2 N–H and O–H groups in total. The number of hydrogen-bond acceptors (Lipinski definition) is 2. The van der Waals surface area contributed by atoms with Crippen LogP contribution in [0.25, 0.3) is 0 Å². The van der Waals surface area contributed by atoms with Gasteiger partial charge >= 0.3 is 0 Å². The lowest BCUT2D eigenvalue weighted by molar-refractivity contribution is 1.48. The molecule has 3 nitrogen and oxygen atoms in total. The van der Waals surface area contributed by atoms with Crippen molar-refractivity contribution in [3.05, 3.63) is 12.4 Å². The van der Waals surface area contributed by atoms with Crippen LogP contribution in [0.15, 0.2) is 22.4 Å². The molecular formula is C4H7N3. The summed E-state index contributed by atoms with van der Waals surface area (Å²) in [5.74, 6) is 0. The van der Waals surface area contributed by atoms with Crippen molar-refractivity contribution < 1.29 is 0 Å². The van der Waals surface area contributed by atoms with Crippen LogP contribution in [-0.4, -0.2) is 13.1 Å². The summed E-state index contributed by atoms with van der Waals surface area (Å²) in [6, 6.07) is 0. The summed E-state index contributed by atoms with van der Waals surface area (Å²) in [4.78, 5) is 6.87. The lowest BCUT2D eigenvalue weighted by Gasteiger charge is -1.67. The van der Waals surface area contributed by atoms with Gasteiger partial charge in [0.1, 0.15) is 6.34 Å². The molecule has 0 aliphatic heterocycles. The van der Waals surface area contributed by atoms with Gasteiger partial charge in [-0.15, -0.1) is 0 Å². The fourth-order valence-corrected chi connectivity index (χ4v) is 0.135. The first-order valence-electron chi connectivity index (χ1n) is 1.76. The number of nitrogens with two attached hydrogens (primary N) is 1. The predicted molar refractivity (Wildman–Crippen MR) is 31.4 cm³/mol. The molecule has 0 radical (unpaired) electrons. The van der Waals surface area contributed by atoms with Gasteiger partial charge in [-0.05, 0) is 6.72 Å². The summed E-state index contributed by atoms with van der Waals surface area (Å²) >= 11 is 0. The Morgan fingerprint density at radius 2 is 2.29 bits per heavy atom. The Kier molecular flexibility index (Phi) is 4.10. The topological polar surface area (TPSA) is 50.7 Å². The summed E-state index contributed by atoms with van der Waals surface area (Å²) in [6.45, 7) is 3.16. The zero-order valence-corrected chi connectivity index (χ0v) is 3.91. The van der Waals surface area contributed by atoms with E-state index in [0.29, 0.717) is 0 Å². The molecule has 0 aromatic carbocycles. The molecule has 0 heterocycles. The van der Waals surface area contributed by atoms with E-state index in [1.54, 1.807) is 0 Å². The molecule has 0 spiro atoms. The first-order valence-corrected chi connectivity index (χ1v) is 1.76. The number of nitrogens with zero attached hydrogens (tertiary/aromatic N) is 2. The third-order valence-corrected chi connectivity index (χ3v) is 0.320. The smallest absolute Gasteiger partial charge is 0.114 e. The molecule has 0 aromatic heterocycles. The van der Waals surface area contributed by atoms with E-state index < -0.39 is 0 Å². The molecule has 0 fully saturated rings. The molecule has 0 amide bonds. The largest absolute Gasteiger partial charge is 0.403 e. The van der Waals surface area contributed by atoms with E-state index >= 15 is 0 Å². The van der Waals surface area contributed by atoms with E-state index in [4.69, 9.17) is 5.73 Å². The van der Waals surface area contributed by atoms with Gasteiger partial charge in [-0.1, -0.05) is 0 Å². The first-order chi connectivity index (χ1) is 3.41. The summed E-state index contributed by atoms with van der Waals surface area (Å²) in [6.07, 6.45) is 4.06. The minimum absolute atomic E-state index is 1.31. The van der Waals surface area contributed by atoms with Crippen LogP contribution in [0.5, 0.6) is 0 Å². The second-order valence-corrected chi connectivity index (χ2v) is 0.789. The van der Waals surface area contributed by atoms with Crippen molar-refractivity contribution in [2.45, 2.75) is 0 Å². The highest BCUT2D eigenvalue weighted by atomic mass is 14.8. The highest BCUT2D eigenvalue weighted by Gasteiger charge is 1.52. The molecule has 0 unspecified atom stereocenters. The van der Waals surface area contributed by atoms with Crippen molar-refractivity contribution in [3.63, 3.8) is 0 Å². The third-order valence-electron chi connectivity index (χ3n) is 0.320. The third kappa shape index (κ3) is 4.88. The molecule has 0 aromatic rings. The quantitative estimate of drug-likeness (QED) is 0.387. The van der Waals surface area contributed by atoms with Crippen LogP contribution in [0.1, 0.15) is 0 Å². The van der Waals surface area contributed by atoms with Gasteiger partial charge in [0.2, 0.25) is 0 Å². The molecule has 0 saturated heterocycles. The Morgan fingerprint density at radius 3 is 2.71 bits per heavy atom. The standard InChI is InChI=1S/C4H7N3/c1-6-4-7-3-2-5/h2-4H,1,5H2/b3-2+,7-4-. The highest BCUT2D eigenvalue weighted by molar-refractivity contribution is 5.62. The second kappa shape index (κ2) is 4.88. The van der Waals surface area contributed by atoms with Gasteiger partial charge in [-0.3, -0.25) is 4.99 Å². The zero-order valence-electron chi connectivity index (χ0n) is 3.91. The fraction of sp³-hybridized carbons (Fsp3) is 0. The van der Waals surface area contributed by atoms with Crippen LogP contribution in [-0.2, 0) is 0 Å². The lowest BCUT2D eigenvalue weighted by atomic mass is 10.9. The van der Waals surface area contributed by atoms with Crippen LogP contribution >= 0.6 is 0 Å². The van der Waals surface area contributed by atoms with Crippen molar-refractivity contribution in [2.24, 2.45) is 15.7 Å². The maximum atomic E-state index is 4.91. The number of rotatable bonds is 2. The first kappa shape index (κ1) is 5.88. The van der Waals surface area contributed by atoms with Crippen LogP contribution in [0.3, 0.4) is 0 Å². The molecule has 0 aliphatic rings. The van der Waals surface area contributed by atoms with Gasteiger partial charge in [0.25, 0.3) is 0 Å². The molecule has 3 heteroatoms. The Bertz CT molecular complexity index is 93.1. The Balaban J connectivity index is 3.27. The minimum Gasteiger partial charge on any atom is -0.403 e. The zero-order chi connectivity index (χ0) is 5.54. The van der Waals surface area contributed by atoms with Crippen LogP contribution in [0.4, 0.5) is 0 Å². The van der Waals surface area contributed by atoms with Gasteiger partial charge in [0.15, 0.2) is 0 Å². The lowest BCUT2D eigenvalue weighted by Crippen LogP contribution is -1.72. The molecule has 0 aliphatic carbocycles. The molecule has 0 bridgehead atoms. The average molecular weight is 97.1 g/mol. The Hall–Kier alpha value is -1.12. The van der Waals surface area contributed by atoms with Gasteiger partial charge in [-0.25, -0.2) is 4.99 Å². The monoisotopic (exact) mass is 97.1 g/mol. The van der Waals surface area contributed by atoms with Crippen molar-refractivity contribution >= 4 is 13.1 Å². The van der Waals surface area contributed by atoms with E-state index in [9.17, 15) is 0 Å². The molecule has 38 valence electrons. The van der Waals surface area contributed by atoms with Crippen LogP contribution in [0.2, 0.25) is 0 Å². The normalized spacial score (nSPS) is 10.9. The molecular weight excluding hydrogens is 90.1 g/mol. The predicted octanol–water partition coefficient (Wildman–Crippen LogP) is 0.145. The van der Waals surface area contributed by atoms with E-state index in [1.165, 1.54) is 18.7 Å². The summed E-state index contributed by atoms with van der Waals surface area (Å²) in [5.41, 5.74) is 4.91. The van der Waals surface area contributed by atoms with E-state index in [0.717, 1.165) is 0 Å². The molecule has 0 saturated carbocycles. The Morgan fingerprint density at radius 1 is 1.57 bits per heavy atom. The van der Waals surface area contributed by atoms with Crippen molar-refractivity contribution in [2.75, 3.05) is 0 Å². The van der Waals surface area contributed by atoms with Gasteiger partial charge in [0, 0.05) is 12.4 Å². The summed E-state index contributed by atoms with van der Waals surface area (Å²) in [5, 5.41) is 0. The van der Waals surface area contributed by atoms with Crippen molar-refractivity contribution in [1.29, 1.82) is 0 Å². The van der Waals surface area contributed by atoms with E-state index in [1.807, 2.05) is 0 Å². The summed E-state index contributed by atoms with van der Waals surface area (Å²) < 4.78 is 0. The average Bonchev–Trinajstić information content (AvgIpc) is 1.69. The van der Waals surface area contributed by atoms with Crippen molar-refractivity contribution in [1.82, 2.24) is 0 Å². The summed E-state index contributed by atoms with van der Waals surface area (Å²) in [7, 11) is 0. The molecule has 0 rings (SSSR count). The molecule has 7 heavy (non-hydrogen) atoms.